The molecule has 0 radical (unpaired) electrons. The largest absolute Gasteiger partial charge is 0.462 e. The molecule has 0 aromatic rings. The molecule has 33 heavy (non-hydrogen) atoms. The van der Waals surface area contributed by atoms with Gasteiger partial charge in [0.25, 0.3) is 0 Å². The first kappa shape index (κ1) is 30.9. The molecule has 0 fully saturated rings. The number of alkyl halides is 17. The zero-order chi connectivity index (χ0) is 27.1. The minimum absolute atomic E-state index is 0.0764. The van der Waals surface area contributed by atoms with Gasteiger partial charge in [-0.15, -0.1) is 0 Å². The molecular weight excluding hydrogens is 531 g/mol. The van der Waals surface area contributed by atoms with E-state index in [-0.39, 0.29) is 6.08 Å². The molecule has 0 heterocycles. The Morgan fingerprint density at radius 2 is 1.06 bits per heavy atom. The van der Waals surface area contributed by atoms with Gasteiger partial charge in [-0.3, -0.25) is 9.47 Å². The number of rotatable bonds is 9. The van der Waals surface area contributed by atoms with Crippen LogP contribution in [0, 0.1) is 0 Å². The van der Waals surface area contributed by atoms with Crippen molar-refractivity contribution in [3.8, 4) is 0 Å². The molecule has 2 atom stereocenters. The molecule has 0 N–H and O–H groups in total. The van der Waals surface area contributed by atoms with Crippen molar-refractivity contribution in [1.82, 2.24) is 0 Å². The summed E-state index contributed by atoms with van der Waals surface area (Å²) in [6.07, 6.45) is -38.2. The minimum Gasteiger partial charge on any atom is -0.456 e. The Morgan fingerprint density at radius 1 is 0.636 bits per heavy atom. The summed E-state index contributed by atoms with van der Waals surface area (Å²) in [6, 6.07) is 0. The summed E-state index contributed by atoms with van der Waals surface area (Å²) in [5, 5.41) is 0. The van der Waals surface area contributed by atoms with Crippen molar-refractivity contribution in [2.24, 2.45) is 0 Å². The smallest absolute Gasteiger partial charge is 0.456 e. The molecule has 0 spiro atoms. The van der Waals surface area contributed by atoms with Crippen molar-refractivity contribution in [2.75, 3.05) is 6.61 Å². The second-order valence-corrected chi connectivity index (χ2v) is 5.44. The summed E-state index contributed by atoms with van der Waals surface area (Å²) in [5.74, 6) is -24.3. The van der Waals surface area contributed by atoms with E-state index < -0.39 is 61.0 Å². The quantitative estimate of drug-likeness (QED) is 0.219. The third-order valence-corrected chi connectivity index (χ3v) is 3.01. The van der Waals surface area contributed by atoms with Gasteiger partial charge in [-0.25, -0.2) is 4.79 Å². The van der Waals surface area contributed by atoms with Crippen molar-refractivity contribution in [3.63, 3.8) is 0 Å². The average molecular weight is 536 g/mol. The van der Waals surface area contributed by atoms with E-state index in [1.807, 2.05) is 4.74 Å². The Hall–Kier alpha value is -2.06. The van der Waals surface area contributed by atoms with Gasteiger partial charge in [-0.1, -0.05) is 6.58 Å². The van der Waals surface area contributed by atoms with Crippen LogP contribution in [0.2, 0.25) is 0 Å². The molecule has 0 aliphatic carbocycles. The number of carbonyl (C=O) groups is 1. The van der Waals surface area contributed by atoms with E-state index in [1.165, 1.54) is 4.74 Å². The normalized spacial score (nSPS) is 18.3. The van der Waals surface area contributed by atoms with Gasteiger partial charge in [-0.2, -0.15) is 74.6 Å². The van der Waals surface area contributed by atoms with Gasteiger partial charge in [-0.05, 0) is 0 Å². The van der Waals surface area contributed by atoms with Gasteiger partial charge in [0.05, 0.1) is 0 Å². The van der Waals surface area contributed by atoms with Crippen LogP contribution in [0.1, 0.15) is 0 Å². The SMILES string of the molecule is C=CC(=O)OCC(F)(OC(F)(F)C(F)(OC(F)(F)C(F)(F)C(F)(F)F)C(F)(F)F)C(F)(F)F. The van der Waals surface area contributed by atoms with Gasteiger partial charge < -0.3 is 4.74 Å². The lowest BCUT2D eigenvalue weighted by Gasteiger charge is -2.40. The highest BCUT2D eigenvalue weighted by Gasteiger charge is 2.85. The predicted octanol–water partition coefficient (Wildman–Crippen LogP) is 5.59. The molecule has 0 amide bonds. The van der Waals surface area contributed by atoms with Gasteiger partial charge in [0.1, 0.15) is 0 Å². The van der Waals surface area contributed by atoms with E-state index in [4.69, 9.17) is 0 Å². The van der Waals surface area contributed by atoms with E-state index >= 15 is 0 Å². The lowest BCUT2D eigenvalue weighted by molar-refractivity contribution is -0.552. The molecule has 0 bridgehead atoms. The Balaban J connectivity index is 6.57. The van der Waals surface area contributed by atoms with E-state index in [0.717, 1.165) is 0 Å². The van der Waals surface area contributed by atoms with Gasteiger partial charge in [0.2, 0.25) is 0 Å². The van der Waals surface area contributed by atoms with Crippen LogP contribution in [0.4, 0.5) is 74.6 Å². The van der Waals surface area contributed by atoms with Crippen LogP contribution >= 0.6 is 0 Å². The molecule has 21 heteroatoms. The number of hydrogen-bond acceptors (Lipinski definition) is 4. The standard InChI is InChI=1S/C12H5F17O4/c1-2-4(30)31-3-5(13,8(17,18)19)32-12(28,29)7(16,10(23,24)25)33-11(26,27)6(14,15)9(20,21)22/h2H,1,3H2. The summed E-state index contributed by atoms with van der Waals surface area (Å²) < 4.78 is 224. The van der Waals surface area contributed by atoms with Crippen molar-refractivity contribution >= 4 is 5.97 Å². The fourth-order valence-electron chi connectivity index (χ4n) is 1.35. The highest BCUT2D eigenvalue weighted by Crippen LogP contribution is 2.56. The summed E-state index contributed by atoms with van der Waals surface area (Å²) in [6.45, 7) is -0.684. The van der Waals surface area contributed by atoms with Crippen molar-refractivity contribution < 1.29 is 93.6 Å². The van der Waals surface area contributed by atoms with Gasteiger partial charge in [0, 0.05) is 6.08 Å². The fourth-order valence-corrected chi connectivity index (χ4v) is 1.35. The average Bonchev–Trinajstić information content (AvgIpc) is 2.55. The topological polar surface area (TPSA) is 44.8 Å². The summed E-state index contributed by atoms with van der Waals surface area (Å²) in [5.41, 5.74) is 0. The fraction of sp³-hybridized carbons (Fsp3) is 0.750. The lowest BCUT2D eigenvalue weighted by atomic mass is 10.2. The third kappa shape index (κ3) is 5.90. The minimum atomic E-state index is -7.98. The predicted molar refractivity (Wildman–Crippen MR) is 64.0 cm³/mol. The highest BCUT2D eigenvalue weighted by atomic mass is 19.4. The molecule has 0 aromatic heterocycles. The van der Waals surface area contributed by atoms with Gasteiger partial charge in [0.15, 0.2) is 6.61 Å². The van der Waals surface area contributed by atoms with Crippen LogP contribution in [0.25, 0.3) is 0 Å². The second-order valence-electron chi connectivity index (χ2n) is 5.44. The van der Waals surface area contributed by atoms with E-state index in [1.54, 1.807) is 0 Å². The van der Waals surface area contributed by atoms with E-state index in [2.05, 4.69) is 11.3 Å². The van der Waals surface area contributed by atoms with Crippen LogP contribution in [0.5, 0.6) is 0 Å². The Bertz CT molecular complexity index is 723. The highest BCUT2D eigenvalue weighted by molar-refractivity contribution is 5.81. The zero-order valence-electron chi connectivity index (χ0n) is 14.5. The van der Waals surface area contributed by atoms with Crippen molar-refractivity contribution in [3.05, 3.63) is 12.7 Å². The zero-order valence-corrected chi connectivity index (χ0v) is 14.5. The molecular formula is C12H5F17O4. The van der Waals surface area contributed by atoms with Crippen molar-refractivity contribution in [2.45, 2.75) is 48.4 Å². The van der Waals surface area contributed by atoms with Crippen molar-refractivity contribution in [1.29, 1.82) is 0 Å². The summed E-state index contributed by atoms with van der Waals surface area (Å²) >= 11 is 0. The number of ether oxygens (including phenoxy) is 3. The molecule has 2 unspecified atom stereocenters. The molecule has 196 valence electrons. The molecule has 0 aliphatic rings. The maximum atomic E-state index is 13.8. The first-order valence-corrected chi connectivity index (χ1v) is 7.03. The number of halogens is 17. The Morgan fingerprint density at radius 3 is 1.36 bits per heavy atom. The van der Waals surface area contributed by atoms with E-state index in [9.17, 15) is 79.4 Å². The Labute approximate surface area is 168 Å². The number of carbonyl (C=O) groups excluding carboxylic acids is 1. The first-order chi connectivity index (χ1) is 14.1. The summed E-state index contributed by atoms with van der Waals surface area (Å²) in [7, 11) is 0. The monoisotopic (exact) mass is 536 g/mol. The first-order valence-electron chi connectivity index (χ1n) is 7.03. The molecule has 0 aromatic carbocycles. The molecule has 0 saturated heterocycles. The van der Waals surface area contributed by atoms with Crippen LogP contribution < -0.4 is 0 Å². The molecule has 4 nitrogen and oxygen atoms in total. The molecule has 0 aliphatic heterocycles. The maximum absolute atomic E-state index is 13.8. The molecule has 0 rings (SSSR count). The maximum Gasteiger partial charge on any atom is 0.462 e. The number of hydrogen-bond donors (Lipinski definition) is 0. The second kappa shape index (κ2) is 8.62. The van der Waals surface area contributed by atoms with Crippen LogP contribution in [-0.4, -0.2) is 61.0 Å². The third-order valence-electron chi connectivity index (χ3n) is 3.01. The lowest BCUT2D eigenvalue weighted by Crippen LogP contribution is -2.67. The summed E-state index contributed by atoms with van der Waals surface area (Å²) in [4.78, 5) is 10.6. The van der Waals surface area contributed by atoms with E-state index in [0.29, 0.717) is 0 Å². The molecule has 0 saturated carbocycles. The number of esters is 1. The van der Waals surface area contributed by atoms with Crippen LogP contribution in [-0.2, 0) is 19.0 Å². The van der Waals surface area contributed by atoms with Crippen LogP contribution in [0.3, 0.4) is 0 Å². The van der Waals surface area contributed by atoms with Gasteiger partial charge >= 0.3 is 54.3 Å². The van der Waals surface area contributed by atoms with Crippen LogP contribution in [0.15, 0.2) is 12.7 Å². The Kier molecular flexibility index (Phi) is 8.08.